The van der Waals surface area contributed by atoms with Crippen LogP contribution in [0.4, 0.5) is 0 Å². The smallest absolute Gasteiger partial charge is 0.346 e. The monoisotopic (exact) mass is 87.0 g/mol. The van der Waals surface area contributed by atoms with Gasteiger partial charge in [0, 0.05) is 6.58 Å². The van der Waals surface area contributed by atoms with Crippen molar-refractivity contribution in [2.75, 3.05) is 6.61 Å². The van der Waals surface area contributed by atoms with E-state index in [4.69, 9.17) is 5.11 Å². The van der Waals surface area contributed by atoms with Gasteiger partial charge in [-0.05, 0) is 0 Å². The lowest BCUT2D eigenvalue weighted by Gasteiger charge is -1.69. The Morgan fingerprint density at radius 1 is 1.83 bits per heavy atom. The lowest BCUT2D eigenvalue weighted by Crippen LogP contribution is -1.84. The third-order valence-electron chi connectivity index (χ3n) is 0.380. The summed E-state index contributed by atoms with van der Waals surface area (Å²) in [6.45, 7) is 6.10. The predicted molar refractivity (Wildman–Crippen MR) is 23.3 cm³/mol. The van der Waals surface area contributed by atoms with Gasteiger partial charge in [-0.1, -0.05) is 0 Å². The van der Waals surface area contributed by atoms with Gasteiger partial charge in [0.05, 0.1) is 0 Å². The van der Waals surface area contributed by atoms with Crippen LogP contribution in [0.2, 0.25) is 0 Å². The number of aliphatic hydroxyl groups is 1. The average molecular weight is 87.1 g/mol. The maximum Gasteiger partial charge on any atom is 0.346 e. The standard InChI is InChI=1S/C4H7O2/c1-4(3-5)6-2/h5H,1-3H2/q+1. The molecule has 0 saturated heterocycles. The van der Waals surface area contributed by atoms with E-state index in [0.29, 0.717) is 0 Å². The van der Waals surface area contributed by atoms with Crippen LogP contribution in [0.3, 0.4) is 0 Å². The second-order valence-electron chi connectivity index (χ2n) is 0.841. The van der Waals surface area contributed by atoms with Gasteiger partial charge in [0.15, 0.2) is 6.61 Å². The zero-order chi connectivity index (χ0) is 4.99. The third-order valence-corrected chi connectivity index (χ3v) is 0.380. The van der Waals surface area contributed by atoms with Crippen molar-refractivity contribution < 1.29 is 9.53 Å². The lowest BCUT2D eigenvalue weighted by atomic mass is 10.6. The van der Waals surface area contributed by atoms with Gasteiger partial charge in [-0.25, -0.2) is 4.42 Å². The van der Waals surface area contributed by atoms with Crippen LogP contribution in [-0.2, 0) is 4.42 Å². The largest absolute Gasteiger partial charge is 0.382 e. The van der Waals surface area contributed by atoms with E-state index in [2.05, 4.69) is 17.8 Å². The third kappa shape index (κ3) is 1.67. The van der Waals surface area contributed by atoms with Gasteiger partial charge in [0.25, 0.3) is 6.79 Å². The van der Waals surface area contributed by atoms with Crippen molar-refractivity contribution in [2.45, 2.75) is 0 Å². The Bertz CT molecular complexity index is 65.9. The van der Waals surface area contributed by atoms with Crippen molar-refractivity contribution in [1.82, 2.24) is 0 Å². The second kappa shape index (κ2) is 2.60. The molecule has 0 aliphatic carbocycles. The predicted octanol–water partition coefficient (Wildman–Crippen LogP) is -0.143. The Kier molecular flexibility index (Phi) is 2.33. The van der Waals surface area contributed by atoms with E-state index in [1.807, 2.05) is 0 Å². The number of rotatable bonds is 2. The van der Waals surface area contributed by atoms with Crippen LogP contribution in [0, 0.1) is 0 Å². The van der Waals surface area contributed by atoms with Crippen LogP contribution in [0.1, 0.15) is 0 Å². The molecule has 0 spiro atoms. The Hall–Kier alpha value is -0.630. The number of hydrogen-bond acceptors (Lipinski definition) is 1. The number of aliphatic hydroxyl groups excluding tert-OH is 1. The lowest BCUT2D eigenvalue weighted by molar-refractivity contribution is -0.391. The molecule has 0 aliphatic heterocycles. The van der Waals surface area contributed by atoms with Crippen LogP contribution in [0.25, 0.3) is 0 Å². The molecule has 0 unspecified atom stereocenters. The first kappa shape index (κ1) is 5.37. The van der Waals surface area contributed by atoms with Crippen LogP contribution >= 0.6 is 0 Å². The zero-order valence-corrected chi connectivity index (χ0v) is 3.48. The minimum Gasteiger partial charge on any atom is -0.382 e. The minimum atomic E-state index is -0.149. The summed E-state index contributed by atoms with van der Waals surface area (Å²) in [4.78, 5) is 0. The van der Waals surface area contributed by atoms with Crippen LogP contribution < -0.4 is 0 Å². The molecule has 6 heavy (non-hydrogen) atoms. The summed E-state index contributed by atoms with van der Waals surface area (Å²) in [6, 6.07) is 0. The molecule has 0 rings (SSSR count). The quantitative estimate of drug-likeness (QED) is 0.369. The maximum absolute atomic E-state index is 8.07. The first-order chi connectivity index (χ1) is 2.81. The van der Waals surface area contributed by atoms with Crippen LogP contribution in [0.5, 0.6) is 0 Å². The summed E-state index contributed by atoms with van der Waals surface area (Å²) in [5.74, 6) is 0.287. The molecule has 0 saturated carbocycles. The highest BCUT2D eigenvalue weighted by atomic mass is 16.4. The highest BCUT2D eigenvalue weighted by molar-refractivity contribution is 5.13. The SMILES string of the molecule is C=[O+]C(=C)CO. The molecular formula is C4H7O2+. The van der Waals surface area contributed by atoms with Crippen molar-refractivity contribution >= 4 is 6.79 Å². The van der Waals surface area contributed by atoms with E-state index in [1.165, 1.54) is 0 Å². The first-order valence-corrected chi connectivity index (χ1v) is 1.52. The van der Waals surface area contributed by atoms with Gasteiger partial charge < -0.3 is 5.11 Å². The molecule has 0 aromatic rings. The van der Waals surface area contributed by atoms with Gasteiger partial charge in [-0.3, -0.25) is 0 Å². The normalized spacial score (nSPS) is 7.50. The van der Waals surface area contributed by atoms with E-state index in [-0.39, 0.29) is 12.4 Å². The van der Waals surface area contributed by atoms with Crippen LogP contribution in [0.15, 0.2) is 12.3 Å². The van der Waals surface area contributed by atoms with Crippen molar-refractivity contribution in [2.24, 2.45) is 0 Å². The number of hydrogen-bond donors (Lipinski definition) is 1. The first-order valence-electron chi connectivity index (χ1n) is 1.52. The Balaban J connectivity index is 3.23. The van der Waals surface area contributed by atoms with Crippen LogP contribution in [-0.4, -0.2) is 18.5 Å². The Morgan fingerprint density at radius 3 is 2.33 bits per heavy atom. The molecule has 0 fully saturated rings. The minimum absolute atomic E-state index is 0.149. The second-order valence-corrected chi connectivity index (χ2v) is 0.841. The molecule has 0 bridgehead atoms. The molecule has 0 aromatic heterocycles. The van der Waals surface area contributed by atoms with Crippen molar-refractivity contribution in [3.8, 4) is 0 Å². The fourth-order valence-electron chi connectivity index (χ4n) is 0.0456. The highest BCUT2D eigenvalue weighted by Crippen LogP contribution is 1.75. The summed E-state index contributed by atoms with van der Waals surface area (Å²) in [7, 11) is 0. The van der Waals surface area contributed by atoms with Crippen molar-refractivity contribution in [1.29, 1.82) is 0 Å². The Morgan fingerprint density at radius 2 is 2.33 bits per heavy atom. The molecule has 0 amide bonds. The molecule has 34 valence electrons. The molecule has 0 radical (unpaired) electrons. The fourth-order valence-corrected chi connectivity index (χ4v) is 0.0456. The summed E-state index contributed by atoms with van der Waals surface area (Å²) < 4.78 is 4.20. The van der Waals surface area contributed by atoms with E-state index in [1.54, 1.807) is 0 Å². The van der Waals surface area contributed by atoms with Gasteiger partial charge >= 0.3 is 5.76 Å². The van der Waals surface area contributed by atoms with Gasteiger partial charge in [0.1, 0.15) is 0 Å². The topological polar surface area (TPSA) is 31.5 Å². The van der Waals surface area contributed by atoms with E-state index in [9.17, 15) is 0 Å². The molecular weight excluding hydrogens is 80.0 g/mol. The van der Waals surface area contributed by atoms with E-state index >= 15 is 0 Å². The highest BCUT2D eigenvalue weighted by Gasteiger charge is 1.91. The molecule has 2 nitrogen and oxygen atoms in total. The maximum atomic E-state index is 8.07. The average Bonchev–Trinajstić information content (AvgIpc) is 1.65. The number of carbonyl (C=O) groups excluding carboxylic acids is 1. The summed E-state index contributed by atoms with van der Waals surface area (Å²) in [6.07, 6.45) is 0. The molecule has 0 heterocycles. The summed E-state index contributed by atoms with van der Waals surface area (Å²) >= 11 is 0. The van der Waals surface area contributed by atoms with Gasteiger partial charge in [0.2, 0.25) is 0 Å². The molecule has 0 aliphatic rings. The summed E-state index contributed by atoms with van der Waals surface area (Å²) in [5.41, 5.74) is 0. The van der Waals surface area contributed by atoms with E-state index < -0.39 is 0 Å². The molecule has 0 atom stereocenters. The van der Waals surface area contributed by atoms with E-state index in [0.717, 1.165) is 0 Å². The summed E-state index contributed by atoms with van der Waals surface area (Å²) in [5, 5.41) is 8.07. The zero-order valence-electron chi connectivity index (χ0n) is 3.48. The molecule has 1 N–H and O–H groups in total. The van der Waals surface area contributed by atoms with Crippen molar-refractivity contribution in [3.63, 3.8) is 0 Å². The van der Waals surface area contributed by atoms with Gasteiger partial charge in [-0.2, -0.15) is 0 Å². The van der Waals surface area contributed by atoms with Gasteiger partial charge in [-0.15, -0.1) is 0 Å². The van der Waals surface area contributed by atoms with Crippen molar-refractivity contribution in [3.05, 3.63) is 12.3 Å². The fraction of sp³-hybridized carbons (Fsp3) is 0.250. The molecule has 0 aromatic carbocycles. The molecule has 2 heteroatoms. The Labute approximate surface area is 36.4 Å².